The van der Waals surface area contributed by atoms with Crippen LogP contribution in [0, 0.1) is 0 Å². The van der Waals surface area contributed by atoms with Crippen LogP contribution in [0.3, 0.4) is 0 Å². The first-order valence-electron chi connectivity index (χ1n) is 7.57. The molecule has 0 aromatic heterocycles. The number of hydrogen-bond donors (Lipinski definition) is 1. The number of halogens is 2. The molecule has 2 aromatic rings. The van der Waals surface area contributed by atoms with Crippen LogP contribution in [-0.4, -0.2) is 18.7 Å². The van der Waals surface area contributed by atoms with Crippen LogP contribution in [0.25, 0.3) is 0 Å². The van der Waals surface area contributed by atoms with Crippen molar-refractivity contribution in [1.29, 1.82) is 0 Å². The molecule has 0 radical (unpaired) electrons. The van der Waals surface area contributed by atoms with Gasteiger partial charge in [0.05, 0.1) is 16.3 Å². The standard InChI is InChI=1S/C18H18Cl2N2O2/c1-2-4-13-7-9-14(10-8-13)24-12-18(23)22-21-11-15-16(19)5-3-6-17(15)20/h3,5-11H,2,4,12H2,1H3,(H,22,23)/b21-11-. The van der Waals surface area contributed by atoms with Gasteiger partial charge in [0.15, 0.2) is 6.61 Å². The fourth-order valence-electron chi connectivity index (χ4n) is 2.03. The number of nitrogens with zero attached hydrogens (tertiary/aromatic N) is 1. The second kappa shape index (κ2) is 9.30. The molecule has 0 atom stereocenters. The smallest absolute Gasteiger partial charge is 0.277 e. The van der Waals surface area contributed by atoms with Gasteiger partial charge in [-0.25, -0.2) is 5.43 Å². The lowest BCUT2D eigenvalue weighted by molar-refractivity contribution is -0.123. The molecule has 1 amide bonds. The second-order valence-corrected chi connectivity index (χ2v) is 5.93. The van der Waals surface area contributed by atoms with Crippen molar-refractivity contribution in [2.24, 2.45) is 5.10 Å². The predicted octanol–water partition coefficient (Wildman–Crippen LogP) is 4.48. The maximum absolute atomic E-state index is 11.7. The molecule has 0 heterocycles. The van der Waals surface area contributed by atoms with Crippen LogP contribution >= 0.6 is 23.2 Å². The Hall–Kier alpha value is -2.04. The van der Waals surface area contributed by atoms with Gasteiger partial charge in [-0.15, -0.1) is 0 Å². The lowest BCUT2D eigenvalue weighted by Crippen LogP contribution is -2.24. The molecule has 6 heteroatoms. The Bertz CT molecular complexity index is 695. The van der Waals surface area contributed by atoms with Gasteiger partial charge < -0.3 is 4.74 Å². The van der Waals surface area contributed by atoms with E-state index in [1.807, 2.05) is 24.3 Å². The van der Waals surface area contributed by atoms with E-state index in [0.29, 0.717) is 21.4 Å². The number of carbonyl (C=O) groups is 1. The Kier molecular flexibility index (Phi) is 7.09. The van der Waals surface area contributed by atoms with Crippen molar-refractivity contribution < 1.29 is 9.53 Å². The molecule has 4 nitrogen and oxygen atoms in total. The maximum Gasteiger partial charge on any atom is 0.277 e. The van der Waals surface area contributed by atoms with Gasteiger partial charge in [0.1, 0.15) is 5.75 Å². The zero-order valence-corrected chi connectivity index (χ0v) is 14.8. The molecular weight excluding hydrogens is 347 g/mol. The first-order valence-corrected chi connectivity index (χ1v) is 8.33. The Balaban J connectivity index is 1.82. The molecular formula is C18H18Cl2N2O2. The number of ether oxygens (including phenoxy) is 1. The second-order valence-electron chi connectivity index (χ2n) is 5.11. The summed E-state index contributed by atoms with van der Waals surface area (Å²) >= 11 is 12.0. The van der Waals surface area contributed by atoms with E-state index in [-0.39, 0.29) is 12.5 Å². The van der Waals surface area contributed by atoms with Crippen LogP contribution in [0.2, 0.25) is 10.0 Å². The highest BCUT2D eigenvalue weighted by Crippen LogP contribution is 2.22. The van der Waals surface area contributed by atoms with Gasteiger partial charge in [0.2, 0.25) is 0 Å². The number of amides is 1. The van der Waals surface area contributed by atoms with Gasteiger partial charge in [-0.3, -0.25) is 4.79 Å². The quantitative estimate of drug-likeness (QED) is 0.581. The highest BCUT2D eigenvalue weighted by molar-refractivity contribution is 6.38. The van der Waals surface area contributed by atoms with Gasteiger partial charge in [-0.1, -0.05) is 54.7 Å². The van der Waals surface area contributed by atoms with Crippen LogP contribution in [0.4, 0.5) is 0 Å². The Morgan fingerprint density at radius 2 is 1.83 bits per heavy atom. The lowest BCUT2D eigenvalue weighted by atomic mass is 10.1. The summed E-state index contributed by atoms with van der Waals surface area (Å²) in [5.74, 6) is 0.273. The van der Waals surface area contributed by atoms with E-state index >= 15 is 0 Å². The summed E-state index contributed by atoms with van der Waals surface area (Å²) < 4.78 is 5.41. The number of benzene rings is 2. The molecule has 24 heavy (non-hydrogen) atoms. The Morgan fingerprint density at radius 3 is 2.46 bits per heavy atom. The van der Waals surface area contributed by atoms with E-state index in [2.05, 4.69) is 17.5 Å². The van der Waals surface area contributed by atoms with Crippen molar-refractivity contribution in [3.8, 4) is 5.75 Å². The third kappa shape index (κ3) is 5.55. The van der Waals surface area contributed by atoms with Gasteiger partial charge in [0, 0.05) is 5.56 Å². The molecule has 0 aliphatic rings. The van der Waals surface area contributed by atoms with E-state index in [4.69, 9.17) is 27.9 Å². The summed E-state index contributed by atoms with van der Waals surface area (Å²) in [5.41, 5.74) is 4.17. The third-order valence-corrected chi connectivity index (χ3v) is 3.87. The van der Waals surface area contributed by atoms with Crippen molar-refractivity contribution in [2.45, 2.75) is 19.8 Å². The SMILES string of the molecule is CCCc1ccc(OCC(=O)N/N=C\c2c(Cl)cccc2Cl)cc1. The molecule has 2 aromatic carbocycles. The maximum atomic E-state index is 11.7. The van der Waals surface area contributed by atoms with Gasteiger partial charge in [-0.2, -0.15) is 5.10 Å². The summed E-state index contributed by atoms with van der Waals surface area (Å²) in [7, 11) is 0. The van der Waals surface area contributed by atoms with E-state index in [1.165, 1.54) is 11.8 Å². The first-order chi connectivity index (χ1) is 11.6. The van der Waals surface area contributed by atoms with Gasteiger partial charge in [0.25, 0.3) is 5.91 Å². The normalized spacial score (nSPS) is 10.8. The zero-order chi connectivity index (χ0) is 17.4. The van der Waals surface area contributed by atoms with Crippen LogP contribution < -0.4 is 10.2 Å². The highest BCUT2D eigenvalue weighted by Gasteiger charge is 2.04. The van der Waals surface area contributed by atoms with Crippen LogP contribution in [0.1, 0.15) is 24.5 Å². The van der Waals surface area contributed by atoms with Crippen LogP contribution in [0.5, 0.6) is 5.75 Å². The molecule has 0 fully saturated rings. The molecule has 0 aliphatic heterocycles. The lowest BCUT2D eigenvalue weighted by Gasteiger charge is -2.06. The fourth-order valence-corrected chi connectivity index (χ4v) is 2.52. The molecule has 0 saturated carbocycles. The number of hydrazone groups is 1. The van der Waals surface area contributed by atoms with E-state index in [1.54, 1.807) is 18.2 Å². The summed E-state index contributed by atoms with van der Waals surface area (Å²) in [5, 5.41) is 4.76. The number of nitrogens with one attached hydrogen (secondary N) is 1. The van der Waals surface area contributed by atoms with Gasteiger partial charge >= 0.3 is 0 Å². The summed E-state index contributed by atoms with van der Waals surface area (Å²) in [6.07, 6.45) is 3.53. The fraction of sp³-hybridized carbons (Fsp3) is 0.222. The molecule has 0 saturated heterocycles. The summed E-state index contributed by atoms with van der Waals surface area (Å²) in [6.45, 7) is 2.01. The molecule has 0 spiro atoms. The monoisotopic (exact) mass is 364 g/mol. The highest BCUT2D eigenvalue weighted by atomic mass is 35.5. The molecule has 0 bridgehead atoms. The number of rotatable bonds is 7. The topological polar surface area (TPSA) is 50.7 Å². The zero-order valence-electron chi connectivity index (χ0n) is 13.3. The summed E-state index contributed by atoms with van der Waals surface area (Å²) in [4.78, 5) is 11.7. The largest absolute Gasteiger partial charge is 0.484 e. The number of hydrogen-bond acceptors (Lipinski definition) is 3. The van der Waals surface area contributed by atoms with Crippen molar-refractivity contribution in [2.75, 3.05) is 6.61 Å². The average Bonchev–Trinajstić information content (AvgIpc) is 2.57. The Labute approximate surface area is 151 Å². The van der Waals surface area contributed by atoms with Crippen molar-refractivity contribution in [3.05, 3.63) is 63.6 Å². The molecule has 0 unspecified atom stereocenters. The molecule has 2 rings (SSSR count). The summed E-state index contributed by atoms with van der Waals surface area (Å²) in [6, 6.07) is 12.8. The minimum absolute atomic E-state index is 0.124. The van der Waals surface area contributed by atoms with E-state index in [0.717, 1.165) is 12.8 Å². The van der Waals surface area contributed by atoms with Crippen molar-refractivity contribution >= 4 is 35.3 Å². The van der Waals surface area contributed by atoms with Crippen molar-refractivity contribution in [1.82, 2.24) is 5.43 Å². The molecule has 126 valence electrons. The predicted molar refractivity (Wildman–Crippen MR) is 98.1 cm³/mol. The number of carbonyl (C=O) groups excluding carboxylic acids is 1. The van der Waals surface area contributed by atoms with E-state index in [9.17, 15) is 4.79 Å². The third-order valence-electron chi connectivity index (χ3n) is 3.21. The minimum atomic E-state index is -0.368. The molecule has 1 N–H and O–H groups in total. The van der Waals surface area contributed by atoms with Crippen LogP contribution in [0.15, 0.2) is 47.6 Å². The average molecular weight is 365 g/mol. The minimum Gasteiger partial charge on any atom is -0.484 e. The van der Waals surface area contributed by atoms with Crippen LogP contribution in [-0.2, 0) is 11.2 Å². The number of aryl methyl sites for hydroxylation is 1. The Morgan fingerprint density at radius 1 is 1.17 bits per heavy atom. The molecule has 0 aliphatic carbocycles. The van der Waals surface area contributed by atoms with Gasteiger partial charge in [-0.05, 0) is 36.2 Å². The first kappa shape index (κ1) is 18.3. The van der Waals surface area contributed by atoms with Crippen molar-refractivity contribution in [3.63, 3.8) is 0 Å². The van der Waals surface area contributed by atoms with E-state index < -0.39 is 0 Å².